The number of hydrogen-bond acceptors (Lipinski definition) is 2. The first-order chi connectivity index (χ1) is 7.44. The first-order valence-electron chi connectivity index (χ1n) is 5.23. The van der Waals surface area contributed by atoms with E-state index in [0.29, 0.717) is 6.54 Å². The monoisotopic (exact) mass is 240 g/mol. The van der Waals surface area contributed by atoms with E-state index in [1.165, 1.54) is 8.61 Å². The molecular formula is C11H16N2O2S. The van der Waals surface area contributed by atoms with Crippen molar-refractivity contribution in [3.63, 3.8) is 0 Å². The van der Waals surface area contributed by atoms with Gasteiger partial charge in [-0.1, -0.05) is 25.1 Å². The molecule has 0 aliphatic carbocycles. The van der Waals surface area contributed by atoms with Gasteiger partial charge in [0.2, 0.25) is 0 Å². The Kier molecular flexibility index (Phi) is 2.67. The second-order valence-electron chi connectivity index (χ2n) is 4.28. The van der Waals surface area contributed by atoms with Crippen LogP contribution in [0.2, 0.25) is 0 Å². The summed E-state index contributed by atoms with van der Waals surface area (Å²) in [6, 6.07) is 7.67. The van der Waals surface area contributed by atoms with E-state index in [9.17, 15) is 8.42 Å². The molecule has 1 aromatic carbocycles. The number of nitrogens with zero attached hydrogens (tertiary/aromatic N) is 2. The first-order valence-corrected chi connectivity index (χ1v) is 6.63. The molecule has 0 saturated carbocycles. The summed E-state index contributed by atoms with van der Waals surface area (Å²) >= 11 is 0. The lowest BCUT2D eigenvalue weighted by Crippen LogP contribution is -2.39. The van der Waals surface area contributed by atoms with E-state index >= 15 is 0 Å². The van der Waals surface area contributed by atoms with Crippen LogP contribution in [0.1, 0.15) is 18.4 Å². The largest absolute Gasteiger partial charge is 0.303 e. The van der Waals surface area contributed by atoms with E-state index in [1.54, 1.807) is 14.1 Å². The van der Waals surface area contributed by atoms with Crippen molar-refractivity contribution in [3.8, 4) is 0 Å². The maximum Gasteiger partial charge on any atom is 0.303 e. The van der Waals surface area contributed by atoms with Crippen molar-refractivity contribution in [2.24, 2.45) is 0 Å². The Morgan fingerprint density at radius 3 is 2.56 bits per heavy atom. The molecule has 2 rings (SSSR count). The lowest BCUT2D eigenvalue weighted by Gasteiger charge is -2.23. The summed E-state index contributed by atoms with van der Waals surface area (Å²) < 4.78 is 26.9. The number of para-hydroxylation sites is 1. The first kappa shape index (κ1) is 11.4. The maximum absolute atomic E-state index is 12.1. The Bertz CT molecular complexity index is 496. The Labute approximate surface area is 96.7 Å². The predicted molar refractivity (Wildman–Crippen MR) is 64.8 cm³/mol. The highest BCUT2D eigenvalue weighted by molar-refractivity contribution is 7.90. The quantitative estimate of drug-likeness (QED) is 0.784. The molecule has 1 atom stereocenters. The van der Waals surface area contributed by atoms with Crippen molar-refractivity contribution >= 4 is 15.9 Å². The summed E-state index contributed by atoms with van der Waals surface area (Å²) in [6.45, 7) is 2.57. The Hall–Kier alpha value is -1.07. The second-order valence-corrected chi connectivity index (χ2v) is 6.35. The van der Waals surface area contributed by atoms with Crippen LogP contribution in [-0.2, 0) is 10.2 Å². The molecule has 0 fully saturated rings. The molecule has 0 radical (unpaired) electrons. The molecule has 4 nitrogen and oxygen atoms in total. The minimum atomic E-state index is -3.36. The molecule has 0 N–H and O–H groups in total. The molecule has 88 valence electrons. The second kappa shape index (κ2) is 3.75. The predicted octanol–water partition coefficient (Wildman–Crippen LogP) is 1.42. The molecular weight excluding hydrogens is 224 g/mol. The summed E-state index contributed by atoms with van der Waals surface area (Å²) in [5.41, 5.74) is 1.91. The summed E-state index contributed by atoms with van der Waals surface area (Å²) in [5, 5.41) is 0. The van der Waals surface area contributed by atoms with Crippen molar-refractivity contribution in [3.05, 3.63) is 29.8 Å². The van der Waals surface area contributed by atoms with Crippen LogP contribution in [0, 0.1) is 0 Å². The zero-order valence-corrected chi connectivity index (χ0v) is 10.5. The summed E-state index contributed by atoms with van der Waals surface area (Å²) in [7, 11) is -0.243. The molecule has 0 bridgehead atoms. The highest BCUT2D eigenvalue weighted by Gasteiger charge is 2.34. The van der Waals surface area contributed by atoms with Crippen LogP contribution in [-0.4, -0.2) is 33.4 Å². The molecule has 16 heavy (non-hydrogen) atoms. The lowest BCUT2D eigenvalue weighted by molar-refractivity contribution is 0.515. The maximum atomic E-state index is 12.1. The third kappa shape index (κ3) is 1.60. The fourth-order valence-corrected chi connectivity index (χ4v) is 3.21. The molecule has 1 aromatic rings. The standard InChI is InChI=1S/C11H16N2O2S/c1-9-8-13(16(14,15)12(2)3)11-7-5-4-6-10(9)11/h4-7,9H,8H2,1-3H3. The van der Waals surface area contributed by atoms with E-state index in [2.05, 4.69) is 0 Å². The van der Waals surface area contributed by atoms with Crippen LogP contribution in [0.3, 0.4) is 0 Å². The SMILES string of the molecule is CC1CN(S(=O)(=O)N(C)C)c2ccccc21. The molecule has 1 heterocycles. The summed E-state index contributed by atoms with van der Waals surface area (Å²) in [4.78, 5) is 0. The molecule has 1 aliphatic heterocycles. The van der Waals surface area contributed by atoms with Crippen molar-refractivity contribution in [2.45, 2.75) is 12.8 Å². The van der Waals surface area contributed by atoms with Crippen LogP contribution in [0.25, 0.3) is 0 Å². The zero-order chi connectivity index (χ0) is 11.9. The van der Waals surface area contributed by atoms with Crippen molar-refractivity contribution in [1.82, 2.24) is 4.31 Å². The van der Waals surface area contributed by atoms with Gasteiger partial charge in [-0.05, 0) is 11.6 Å². The van der Waals surface area contributed by atoms with Gasteiger partial charge in [0.1, 0.15) is 0 Å². The van der Waals surface area contributed by atoms with Crippen LogP contribution >= 0.6 is 0 Å². The molecule has 0 spiro atoms. The number of hydrogen-bond donors (Lipinski definition) is 0. The van der Waals surface area contributed by atoms with Gasteiger partial charge in [0.25, 0.3) is 0 Å². The van der Waals surface area contributed by atoms with Crippen molar-refractivity contribution in [2.75, 3.05) is 24.9 Å². The third-order valence-corrected chi connectivity index (χ3v) is 4.74. The fourth-order valence-electron chi connectivity index (χ4n) is 1.99. The molecule has 5 heteroatoms. The van der Waals surface area contributed by atoms with E-state index in [1.807, 2.05) is 31.2 Å². The van der Waals surface area contributed by atoms with Gasteiger partial charge in [-0.2, -0.15) is 12.7 Å². The van der Waals surface area contributed by atoms with Crippen LogP contribution in [0.5, 0.6) is 0 Å². The average molecular weight is 240 g/mol. The normalized spacial score (nSPS) is 20.2. The molecule has 0 saturated heterocycles. The van der Waals surface area contributed by atoms with Gasteiger partial charge in [0.05, 0.1) is 5.69 Å². The summed E-state index contributed by atoms with van der Waals surface area (Å²) in [6.07, 6.45) is 0. The summed E-state index contributed by atoms with van der Waals surface area (Å²) in [5.74, 6) is 0.255. The molecule has 1 unspecified atom stereocenters. The fraction of sp³-hybridized carbons (Fsp3) is 0.455. The molecule has 1 aliphatic rings. The van der Waals surface area contributed by atoms with Gasteiger partial charge < -0.3 is 0 Å². The van der Waals surface area contributed by atoms with E-state index in [-0.39, 0.29) is 5.92 Å². The van der Waals surface area contributed by atoms with Gasteiger partial charge in [-0.15, -0.1) is 0 Å². The number of anilines is 1. The van der Waals surface area contributed by atoms with E-state index in [0.717, 1.165) is 11.3 Å². The highest BCUT2D eigenvalue weighted by Crippen LogP contribution is 2.37. The minimum Gasteiger partial charge on any atom is -0.257 e. The average Bonchev–Trinajstić information content (AvgIpc) is 2.57. The third-order valence-electron chi connectivity index (χ3n) is 2.92. The van der Waals surface area contributed by atoms with Crippen molar-refractivity contribution < 1.29 is 8.42 Å². The van der Waals surface area contributed by atoms with Crippen LogP contribution < -0.4 is 4.31 Å². The smallest absolute Gasteiger partial charge is 0.257 e. The topological polar surface area (TPSA) is 40.6 Å². The number of benzene rings is 1. The molecule has 0 amide bonds. The minimum absolute atomic E-state index is 0.255. The van der Waals surface area contributed by atoms with Gasteiger partial charge in [0, 0.05) is 26.6 Å². The molecule has 0 aromatic heterocycles. The Morgan fingerprint density at radius 2 is 1.94 bits per heavy atom. The number of fused-ring (bicyclic) bond motifs is 1. The Morgan fingerprint density at radius 1 is 1.31 bits per heavy atom. The Balaban J connectivity index is 2.50. The highest BCUT2D eigenvalue weighted by atomic mass is 32.2. The van der Waals surface area contributed by atoms with Gasteiger partial charge in [-0.3, -0.25) is 4.31 Å². The number of rotatable bonds is 2. The van der Waals surface area contributed by atoms with Gasteiger partial charge in [-0.25, -0.2) is 0 Å². The van der Waals surface area contributed by atoms with Gasteiger partial charge in [0.15, 0.2) is 0 Å². The van der Waals surface area contributed by atoms with E-state index in [4.69, 9.17) is 0 Å². The van der Waals surface area contributed by atoms with Crippen molar-refractivity contribution in [1.29, 1.82) is 0 Å². The van der Waals surface area contributed by atoms with Gasteiger partial charge >= 0.3 is 10.2 Å². The zero-order valence-electron chi connectivity index (χ0n) is 9.71. The van der Waals surface area contributed by atoms with Crippen LogP contribution in [0.15, 0.2) is 24.3 Å². The van der Waals surface area contributed by atoms with E-state index < -0.39 is 10.2 Å². The lowest BCUT2D eigenvalue weighted by atomic mass is 10.0. The van der Waals surface area contributed by atoms with Crippen LogP contribution in [0.4, 0.5) is 5.69 Å².